The summed E-state index contributed by atoms with van der Waals surface area (Å²) >= 11 is 0. The van der Waals surface area contributed by atoms with E-state index in [1.807, 2.05) is 0 Å². The van der Waals surface area contributed by atoms with Crippen LogP contribution in [0, 0.1) is 5.92 Å². The van der Waals surface area contributed by atoms with Crippen LogP contribution in [0.25, 0.3) is 0 Å². The first-order valence-corrected chi connectivity index (χ1v) is 6.36. The molecule has 0 bridgehead atoms. The Labute approximate surface area is 118 Å². The lowest BCUT2D eigenvalue weighted by molar-refractivity contribution is -0.142. The third-order valence-electron chi connectivity index (χ3n) is 3.47. The van der Waals surface area contributed by atoms with Crippen molar-refractivity contribution >= 4 is 11.9 Å². The summed E-state index contributed by atoms with van der Waals surface area (Å²) in [6.45, 7) is 0. The first-order valence-electron chi connectivity index (χ1n) is 6.36. The number of hydrogen-bond acceptors (Lipinski definition) is 3. The number of carbonyl (C=O) groups is 2. The second-order valence-corrected chi connectivity index (χ2v) is 4.89. The molecule has 0 spiro atoms. The van der Waals surface area contributed by atoms with Gasteiger partial charge in [0.2, 0.25) is 0 Å². The monoisotopic (exact) mass is 302 g/mol. The molecule has 0 aliphatic heterocycles. The first kappa shape index (κ1) is 15.3. The minimum Gasteiger partial charge on any atom is -0.481 e. The lowest BCUT2D eigenvalue weighted by Crippen LogP contribution is -2.40. The minimum atomic E-state index is -4.56. The molecule has 1 amide bonds. The van der Waals surface area contributed by atoms with Crippen molar-refractivity contribution in [3.05, 3.63) is 29.6 Å². The number of alkyl halides is 3. The molecule has 1 aliphatic carbocycles. The molecule has 21 heavy (non-hydrogen) atoms. The molecule has 0 aromatic carbocycles. The van der Waals surface area contributed by atoms with Crippen LogP contribution in [0.5, 0.6) is 0 Å². The molecule has 1 aromatic rings. The molecule has 0 saturated heterocycles. The zero-order chi connectivity index (χ0) is 15.6. The van der Waals surface area contributed by atoms with Crippen molar-refractivity contribution in [1.82, 2.24) is 10.3 Å². The van der Waals surface area contributed by atoms with E-state index in [-0.39, 0.29) is 5.56 Å². The highest BCUT2D eigenvalue weighted by Gasteiger charge is 2.35. The number of hydrogen-bond donors (Lipinski definition) is 2. The largest absolute Gasteiger partial charge is 0.481 e. The van der Waals surface area contributed by atoms with Crippen LogP contribution in [0.15, 0.2) is 18.3 Å². The van der Waals surface area contributed by atoms with Crippen molar-refractivity contribution < 1.29 is 27.9 Å². The SMILES string of the molecule is O=C(N[C@H]1CCC[C@H]1C(=O)O)c1ccc(C(F)(F)F)nc1. The van der Waals surface area contributed by atoms with E-state index in [9.17, 15) is 22.8 Å². The van der Waals surface area contributed by atoms with Crippen molar-refractivity contribution in [2.75, 3.05) is 0 Å². The summed E-state index contributed by atoms with van der Waals surface area (Å²) in [5.74, 6) is -2.26. The molecule has 8 heteroatoms. The summed E-state index contributed by atoms with van der Waals surface area (Å²) in [5, 5.41) is 11.5. The smallest absolute Gasteiger partial charge is 0.433 e. The first-order chi connectivity index (χ1) is 9.79. The fraction of sp³-hybridized carbons (Fsp3) is 0.462. The number of aromatic nitrogens is 1. The van der Waals surface area contributed by atoms with Gasteiger partial charge in [-0.05, 0) is 25.0 Å². The number of carbonyl (C=O) groups excluding carboxylic acids is 1. The Bertz CT molecular complexity index is 543. The van der Waals surface area contributed by atoms with Crippen molar-refractivity contribution in [1.29, 1.82) is 0 Å². The van der Waals surface area contributed by atoms with Gasteiger partial charge in [0, 0.05) is 12.2 Å². The molecule has 0 unspecified atom stereocenters. The highest BCUT2D eigenvalue weighted by molar-refractivity contribution is 5.94. The van der Waals surface area contributed by atoms with Gasteiger partial charge in [0.25, 0.3) is 5.91 Å². The van der Waals surface area contributed by atoms with Crippen LogP contribution in [-0.4, -0.2) is 28.0 Å². The molecular formula is C13H13F3N2O3. The second-order valence-electron chi connectivity index (χ2n) is 4.89. The fourth-order valence-electron chi connectivity index (χ4n) is 2.38. The lowest BCUT2D eigenvalue weighted by atomic mass is 10.0. The van der Waals surface area contributed by atoms with Crippen LogP contribution in [0.3, 0.4) is 0 Å². The Morgan fingerprint density at radius 1 is 1.29 bits per heavy atom. The predicted octanol–water partition coefficient (Wildman–Crippen LogP) is 2.08. The van der Waals surface area contributed by atoms with Crippen LogP contribution in [0.2, 0.25) is 0 Å². The predicted molar refractivity (Wildman–Crippen MR) is 65.5 cm³/mol. The molecule has 1 fully saturated rings. The number of halogens is 3. The van der Waals surface area contributed by atoms with Gasteiger partial charge in [0.05, 0.1) is 11.5 Å². The van der Waals surface area contributed by atoms with E-state index in [1.54, 1.807) is 0 Å². The number of nitrogens with zero attached hydrogens (tertiary/aromatic N) is 1. The van der Waals surface area contributed by atoms with E-state index in [0.717, 1.165) is 18.3 Å². The molecule has 0 radical (unpaired) electrons. The van der Waals surface area contributed by atoms with Crippen molar-refractivity contribution in [2.24, 2.45) is 5.92 Å². The normalized spacial score (nSPS) is 22.0. The third-order valence-corrected chi connectivity index (χ3v) is 3.47. The number of aliphatic carboxylic acids is 1. The van der Waals surface area contributed by atoms with Crippen LogP contribution in [-0.2, 0) is 11.0 Å². The fourth-order valence-corrected chi connectivity index (χ4v) is 2.38. The van der Waals surface area contributed by atoms with Crippen molar-refractivity contribution in [2.45, 2.75) is 31.5 Å². The number of carboxylic acid groups (broad SMARTS) is 1. The third kappa shape index (κ3) is 3.50. The van der Waals surface area contributed by atoms with Gasteiger partial charge in [-0.1, -0.05) is 6.42 Å². The van der Waals surface area contributed by atoms with Gasteiger partial charge in [0.1, 0.15) is 5.69 Å². The molecule has 2 rings (SSSR count). The average Bonchev–Trinajstić information content (AvgIpc) is 2.86. The molecule has 5 nitrogen and oxygen atoms in total. The van der Waals surface area contributed by atoms with Crippen molar-refractivity contribution in [3.8, 4) is 0 Å². The number of pyridine rings is 1. The van der Waals surface area contributed by atoms with Gasteiger partial charge >= 0.3 is 12.1 Å². The number of rotatable bonds is 3. The van der Waals surface area contributed by atoms with Crippen LogP contribution < -0.4 is 5.32 Å². The highest BCUT2D eigenvalue weighted by atomic mass is 19.4. The quantitative estimate of drug-likeness (QED) is 0.896. The zero-order valence-electron chi connectivity index (χ0n) is 10.9. The van der Waals surface area contributed by atoms with E-state index < -0.39 is 35.7 Å². The molecule has 2 atom stereocenters. The van der Waals surface area contributed by atoms with Crippen LogP contribution in [0.1, 0.15) is 35.3 Å². The van der Waals surface area contributed by atoms with Gasteiger partial charge in [-0.15, -0.1) is 0 Å². The maximum Gasteiger partial charge on any atom is 0.433 e. The number of nitrogens with one attached hydrogen (secondary N) is 1. The second kappa shape index (κ2) is 5.71. The molecular weight excluding hydrogens is 289 g/mol. The van der Waals surface area contributed by atoms with Gasteiger partial charge < -0.3 is 10.4 Å². The molecule has 1 aromatic heterocycles. The Morgan fingerprint density at radius 2 is 2.00 bits per heavy atom. The van der Waals surface area contributed by atoms with Gasteiger partial charge in [-0.25, -0.2) is 0 Å². The molecule has 1 heterocycles. The van der Waals surface area contributed by atoms with Gasteiger partial charge in [-0.3, -0.25) is 14.6 Å². The van der Waals surface area contributed by atoms with E-state index >= 15 is 0 Å². The van der Waals surface area contributed by atoms with Crippen LogP contribution >= 0.6 is 0 Å². The Morgan fingerprint density at radius 3 is 2.52 bits per heavy atom. The van der Waals surface area contributed by atoms with Crippen LogP contribution in [0.4, 0.5) is 13.2 Å². The molecule has 114 valence electrons. The summed E-state index contributed by atoms with van der Waals surface area (Å²) in [6, 6.07) is 1.24. The van der Waals surface area contributed by atoms with E-state index in [1.165, 1.54) is 0 Å². The summed E-state index contributed by atoms with van der Waals surface area (Å²) < 4.78 is 37.1. The maximum atomic E-state index is 12.4. The Balaban J connectivity index is 2.05. The molecule has 1 aliphatic rings. The Hall–Kier alpha value is -2.12. The summed E-state index contributed by atoms with van der Waals surface area (Å²) in [7, 11) is 0. The standard InChI is InChI=1S/C13H13F3N2O3/c14-13(15,16)10-5-4-7(6-17-10)11(19)18-9-3-1-2-8(9)12(20)21/h4-6,8-9H,1-3H2,(H,18,19)(H,20,21)/t8-,9+/m1/s1. The summed E-state index contributed by atoms with van der Waals surface area (Å²) in [5.41, 5.74) is -1.11. The van der Waals surface area contributed by atoms with E-state index in [0.29, 0.717) is 19.3 Å². The summed E-state index contributed by atoms with van der Waals surface area (Å²) in [4.78, 5) is 26.1. The topological polar surface area (TPSA) is 79.3 Å². The number of amides is 1. The highest BCUT2D eigenvalue weighted by Crippen LogP contribution is 2.28. The van der Waals surface area contributed by atoms with E-state index in [4.69, 9.17) is 5.11 Å². The minimum absolute atomic E-state index is 0.0287. The molecule has 2 N–H and O–H groups in total. The van der Waals surface area contributed by atoms with Gasteiger partial charge in [-0.2, -0.15) is 13.2 Å². The van der Waals surface area contributed by atoms with Crippen molar-refractivity contribution in [3.63, 3.8) is 0 Å². The van der Waals surface area contributed by atoms with E-state index in [2.05, 4.69) is 10.3 Å². The summed E-state index contributed by atoms with van der Waals surface area (Å²) in [6.07, 6.45) is -2.02. The average molecular weight is 302 g/mol. The zero-order valence-corrected chi connectivity index (χ0v) is 10.9. The lowest BCUT2D eigenvalue weighted by Gasteiger charge is -2.17. The van der Waals surface area contributed by atoms with Gasteiger partial charge in [0.15, 0.2) is 0 Å². The maximum absolute atomic E-state index is 12.4. The Kier molecular flexibility index (Phi) is 4.15. The molecule has 1 saturated carbocycles. The number of carboxylic acids is 1.